The van der Waals surface area contributed by atoms with E-state index in [4.69, 9.17) is 16.3 Å². The lowest BCUT2D eigenvalue weighted by molar-refractivity contribution is -0.385. The Balaban J connectivity index is 1.34. The van der Waals surface area contributed by atoms with Crippen LogP contribution in [0.3, 0.4) is 0 Å². The molecule has 0 atom stereocenters. The molecular weight excluding hydrogens is 458 g/mol. The minimum absolute atomic E-state index is 0.0314. The van der Waals surface area contributed by atoms with Gasteiger partial charge < -0.3 is 15.0 Å². The molecule has 4 rings (SSSR count). The molecule has 1 aliphatic heterocycles. The van der Waals surface area contributed by atoms with Gasteiger partial charge in [-0.25, -0.2) is 0 Å². The number of benzene rings is 3. The van der Waals surface area contributed by atoms with Crippen LogP contribution in [0.2, 0.25) is 5.02 Å². The second kappa shape index (κ2) is 10.4. The number of ether oxygens (including phenoxy) is 1. The summed E-state index contributed by atoms with van der Waals surface area (Å²) in [5, 5.41) is 14.4. The van der Waals surface area contributed by atoms with Crippen molar-refractivity contribution in [2.45, 2.75) is 12.8 Å². The van der Waals surface area contributed by atoms with Gasteiger partial charge in [0.15, 0.2) is 0 Å². The molecule has 9 heteroatoms. The van der Waals surface area contributed by atoms with E-state index in [2.05, 4.69) is 5.32 Å². The Labute approximate surface area is 201 Å². The number of para-hydroxylation sites is 1. The number of rotatable bonds is 6. The van der Waals surface area contributed by atoms with Crippen LogP contribution in [0.5, 0.6) is 11.5 Å². The normalized spacial score (nSPS) is 13.9. The number of nitrogens with one attached hydrogen (secondary N) is 1. The number of piperidine rings is 1. The fourth-order valence-corrected chi connectivity index (χ4v) is 3.97. The van der Waals surface area contributed by atoms with Crippen molar-refractivity contribution in [3.63, 3.8) is 0 Å². The molecule has 2 amide bonds. The lowest BCUT2D eigenvalue weighted by Crippen LogP contribution is -2.41. The molecule has 1 fully saturated rings. The highest BCUT2D eigenvalue weighted by Crippen LogP contribution is 2.33. The summed E-state index contributed by atoms with van der Waals surface area (Å²) >= 11 is 5.83. The van der Waals surface area contributed by atoms with Gasteiger partial charge >= 0.3 is 5.69 Å². The number of halogens is 1. The molecule has 1 heterocycles. The Morgan fingerprint density at radius 1 is 1.00 bits per heavy atom. The molecule has 34 heavy (non-hydrogen) atoms. The molecule has 174 valence electrons. The highest BCUT2D eigenvalue weighted by Gasteiger charge is 2.28. The van der Waals surface area contributed by atoms with Crippen LogP contribution in [0.25, 0.3) is 0 Å². The largest absolute Gasteiger partial charge is 0.450 e. The Morgan fingerprint density at radius 3 is 2.32 bits per heavy atom. The molecule has 0 spiro atoms. The van der Waals surface area contributed by atoms with Crippen molar-refractivity contribution in [1.29, 1.82) is 0 Å². The first-order valence-electron chi connectivity index (χ1n) is 10.8. The van der Waals surface area contributed by atoms with E-state index in [-0.39, 0.29) is 34.2 Å². The van der Waals surface area contributed by atoms with Crippen LogP contribution in [-0.2, 0) is 4.79 Å². The van der Waals surface area contributed by atoms with Crippen LogP contribution in [0.4, 0.5) is 11.4 Å². The lowest BCUT2D eigenvalue weighted by Gasteiger charge is -2.31. The predicted octanol–water partition coefficient (Wildman–Crippen LogP) is 5.53. The molecule has 3 aromatic rings. The zero-order valence-electron chi connectivity index (χ0n) is 18.1. The molecule has 1 N–H and O–H groups in total. The van der Waals surface area contributed by atoms with Crippen LogP contribution in [0.1, 0.15) is 23.2 Å². The first kappa shape index (κ1) is 23.3. The summed E-state index contributed by atoms with van der Waals surface area (Å²) in [6, 6.07) is 19.9. The number of nitro benzene ring substituents is 1. The minimum Gasteiger partial charge on any atom is -0.450 e. The van der Waals surface area contributed by atoms with Crippen molar-refractivity contribution >= 4 is 34.8 Å². The smallest absolute Gasteiger partial charge is 0.313 e. The lowest BCUT2D eigenvalue weighted by atomic mass is 9.95. The first-order valence-corrected chi connectivity index (χ1v) is 11.2. The first-order chi connectivity index (χ1) is 16.4. The SMILES string of the molecule is O=C(Nc1ccccc1)C1CCN(C(=O)c2ccc(Oc3ccc(Cl)cc3[N+](=O)[O-])cc2)CC1. The third-order valence-corrected chi connectivity index (χ3v) is 5.88. The molecule has 0 aliphatic carbocycles. The van der Waals surface area contributed by atoms with Crippen LogP contribution in [-0.4, -0.2) is 34.7 Å². The van der Waals surface area contributed by atoms with E-state index in [1.165, 1.54) is 18.2 Å². The van der Waals surface area contributed by atoms with E-state index in [0.717, 1.165) is 5.69 Å². The third-order valence-electron chi connectivity index (χ3n) is 5.64. The average molecular weight is 480 g/mol. The topological polar surface area (TPSA) is 102 Å². The molecular formula is C25H22ClN3O5. The summed E-state index contributed by atoms with van der Waals surface area (Å²) in [6.07, 6.45) is 1.18. The fraction of sp³-hybridized carbons (Fsp3) is 0.200. The molecule has 0 bridgehead atoms. The van der Waals surface area contributed by atoms with Crippen molar-refractivity contribution in [3.8, 4) is 11.5 Å². The predicted molar refractivity (Wildman–Crippen MR) is 128 cm³/mol. The van der Waals surface area contributed by atoms with Gasteiger partial charge in [0, 0.05) is 41.3 Å². The molecule has 1 aliphatic rings. The summed E-state index contributed by atoms with van der Waals surface area (Å²) in [5.41, 5.74) is 0.995. The van der Waals surface area contributed by atoms with Gasteiger partial charge in [0.05, 0.1) is 4.92 Å². The summed E-state index contributed by atoms with van der Waals surface area (Å²) < 4.78 is 5.63. The minimum atomic E-state index is -0.567. The monoisotopic (exact) mass is 479 g/mol. The number of anilines is 1. The average Bonchev–Trinajstić information content (AvgIpc) is 2.86. The van der Waals surface area contributed by atoms with E-state index in [9.17, 15) is 19.7 Å². The maximum Gasteiger partial charge on any atom is 0.313 e. The summed E-state index contributed by atoms with van der Waals surface area (Å²) in [5.74, 6) is 0.111. The van der Waals surface area contributed by atoms with Crippen molar-refractivity contribution in [2.24, 2.45) is 5.92 Å². The van der Waals surface area contributed by atoms with Gasteiger partial charge in [-0.3, -0.25) is 19.7 Å². The molecule has 8 nitrogen and oxygen atoms in total. The summed E-state index contributed by atoms with van der Waals surface area (Å²) in [7, 11) is 0. The van der Waals surface area contributed by atoms with Crippen molar-refractivity contribution in [3.05, 3.63) is 93.5 Å². The number of carbonyl (C=O) groups excluding carboxylic acids is 2. The third kappa shape index (κ3) is 5.52. The fourth-order valence-electron chi connectivity index (χ4n) is 3.81. The van der Waals surface area contributed by atoms with Gasteiger partial charge in [0.25, 0.3) is 5.91 Å². The van der Waals surface area contributed by atoms with Crippen molar-refractivity contribution < 1.29 is 19.2 Å². The molecule has 0 unspecified atom stereocenters. The molecule has 3 aromatic carbocycles. The number of amides is 2. The van der Waals surface area contributed by atoms with Crippen LogP contribution < -0.4 is 10.1 Å². The number of hydrogen-bond donors (Lipinski definition) is 1. The van der Waals surface area contributed by atoms with Crippen LogP contribution >= 0.6 is 11.6 Å². The number of nitrogens with zero attached hydrogens (tertiary/aromatic N) is 2. The maximum absolute atomic E-state index is 12.9. The Kier molecular flexibility index (Phi) is 7.08. The quantitative estimate of drug-likeness (QED) is 0.370. The number of carbonyl (C=O) groups is 2. The highest BCUT2D eigenvalue weighted by molar-refractivity contribution is 6.30. The zero-order chi connectivity index (χ0) is 24.1. The van der Waals surface area contributed by atoms with Gasteiger partial charge in [-0.15, -0.1) is 0 Å². The van der Waals surface area contributed by atoms with E-state index in [0.29, 0.717) is 37.2 Å². The summed E-state index contributed by atoms with van der Waals surface area (Å²) in [6.45, 7) is 0.974. The second-order valence-electron chi connectivity index (χ2n) is 7.92. The van der Waals surface area contributed by atoms with Crippen molar-refractivity contribution in [1.82, 2.24) is 4.90 Å². The van der Waals surface area contributed by atoms with E-state index in [1.807, 2.05) is 30.3 Å². The molecule has 0 saturated carbocycles. The van der Waals surface area contributed by atoms with E-state index >= 15 is 0 Å². The number of nitro groups is 1. The zero-order valence-corrected chi connectivity index (χ0v) is 18.9. The van der Waals surface area contributed by atoms with Crippen molar-refractivity contribution in [2.75, 3.05) is 18.4 Å². The van der Waals surface area contributed by atoms with Gasteiger partial charge in [-0.2, -0.15) is 0 Å². The van der Waals surface area contributed by atoms with Crippen LogP contribution in [0.15, 0.2) is 72.8 Å². The van der Waals surface area contributed by atoms with Gasteiger partial charge in [-0.1, -0.05) is 29.8 Å². The van der Waals surface area contributed by atoms with E-state index < -0.39 is 4.92 Å². The Bertz CT molecular complexity index is 1190. The summed E-state index contributed by atoms with van der Waals surface area (Å²) in [4.78, 5) is 37.8. The maximum atomic E-state index is 12.9. The van der Waals surface area contributed by atoms with Gasteiger partial charge in [0.1, 0.15) is 5.75 Å². The Hall–Kier alpha value is -3.91. The molecule has 1 saturated heterocycles. The standard InChI is InChI=1S/C25H22ClN3O5/c26-19-8-11-23(22(16-19)29(32)33)34-21-9-6-18(7-10-21)25(31)28-14-12-17(13-15-28)24(30)27-20-4-2-1-3-5-20/h1-11,16-17H,12-15H2,(H,27,30). The second-order valence-corrected chi connectivity index (χ2v) is 8.35. The number of hydrogen-bond acceptors (Lipinski definition) is 5. The van der Waals surface area contributed by atoms with Gasteiger partial charge in [-0.05, 0) is 61.4 Å². The molecule has 0 aromatic heterocycles. The van der Waals surface area contributed by atoms with Gasteiger partial charge in [0.2, 0.25) is 11.7 Å². The Morgan fingerprint density at radius 2 is 1.68 bits per heavy atom. The number of likely N-dealkylation sites (tertiary alicyclic amines) is 1. The molecule has 0 radical (unpaired) electrons. The van der Waals surface area contributed by atoms with Crippen LogP contribution in [0, 0.1) is 16.0 Å². The van der Waals surface area contributed by atoms with E-state index in [1.54, 1.807) is 29.2 Å². The highest BCUT2D eigenvalue weighted by atomic mass is 35.5.